The lowest BCUT2D eigenvalue weighted by Gasteiger charge is -2.12. The maximum atomic E-state index is 11.0. The molecule has 2 unspecified atom stereocenters. The predicted octanol–water partition coefficient (Wildman–Crippen LogP) is 5.58. The van der Waals surface area contributed by atoms with Gasteiger partial charge < -0.3 is 14.8 Å². The van der Waals surface area contributed by atoms with Gasteiger partial charge in [0.2, 0.25) is 0 Å². The summed E-state index contributed by atoms with van der Waals surface area (Å²) in [7, 11) is 0. The lowest BCUT2D eigenvalue weighted by Crippen LogP contribution is -2.12. The molecule has 0 radical (unpaired) electrons. The number of fused-ring (bicyclic) bond motifs is 1. The van der Waals surface area contributed by atoms with Gasteiger partial charge in [0, 0.05) is 23.9 Å². The first kappa shape index (κ1) is 17.0. The summed E-state index contributed by atoms with van der Waals surface area (Å²) < 4.78 is 7.24. The van der Waals surface area contributed by atoms with E-state index in [2.05, 4.69) is 23.3 Å². The summed E-state index contributed by atoms with van der Waals surface area (Å²) in [5.41, 5.74) is 3.72. The average molecular weight is 399 g/mol. The molecule has 138 valence electrons. The van der Waals surface area contributed by atoms with Crippen molar-refractivity contribution >= 4 is 49.8 Å². The number of para-hydroxylation sites is 1. The molecule has 6 heteroatoms. The minimum Gasteiger partial charge on any atom is -0.458 e. The summed E-state index contributed by atoms with van der Waals surface area (Å²) in [4.78, 5) is 4.65. The van der Waals surface area contributed by atoms with Gasteiger partial charge in [-0.1, -0.05) is 30.7 Å². The smallest absolute Gasteiger partial charge is 0.137 e. The van der Waals surface area contributed by atoms with E-state index in [1.54, 1.807) is 11.3 Å². The number of nitrogens with one attached hydrogen (secondary N) is 1. The van der Waals surface area contributed by atoms with E-state index in [-0.39, 0.29) is 0 Å². The number of aliphatic hydroxyl groups is 1. The van der Waals surface area contributed by atoms with Crippen LogP contribution in [0.1, 0.15) is 29.4 Å². The second-order valence-corrected chi connectivity index (χ2v) is 8.75. The maximum Gasteiger partial charge on any atom is 0.137 e. The normalized spacial score (nSPS) is 17.8. The van der Waals surface area contributed by atoms with Gasteiger partial charge in [-0.2, -0.15) is 0 Å². The Kier molecular flexibility index (Phi) is 4.11. The van der Waals surface area contributed by atoms with Crippen molar-refractivity contribution in [3.63, 3.8) is 0 Å². The number of aromatic nitrogens is 1. The molecule has 5 rings (SSSR count). The van der Waals surface area contributed by atoms with Crippen LogP contribution in [-0.4, -0.2) is 16.6 Å². The Hall–Kier alpha value is -2.08. The number of hydrogen-bond acceptors (Lipinski definition) is 5. The second kappa shape index (κ2) is 6.51. The molecule has 4 aromatic rings. The molecular weight excluding hydrogens is 380 g/mol. The molecule has 3 heterocycles. The second-order valence-electron chi connectivity index (χ2n) is 7.23. The molecule has 0 bridgehead atoms. The van der Waals surface area contributed by atoms with E-state index in [9.17, 15) is 5.11 Å². The van der Waals surface area contributed by atoms with Gasteiger partial charge >= 0.3 is 0 Å². The fourth-order valence-electron chi connectivity index (χ4n) is 3.85. The molecule has 0 saturated heterocycles. The third kappa shape index (κ3) is 2.90. The van der Waals surface area contributed by atoms with Crippen LogP contribution in [-0.2, 0) is 12.8 Å². The zero-order valence-corrected chi connectivity index (χ0v) is 16.4. The molecule has 0 fully saturated rings. The highest BCUT2D eigenvalue weighted by molar-refractivity contribution is 7.18. The van der Waals surface area contributed by atoms with Crippen LogP contribution in [0.4, 0.5) is 5.69 Å². The fourth-order valence-corrected chi connectivity index (χ4v) is 5.08. The first-order chi connectivity index (χ1) is 13.1. The SMILES string of the molecule is CC1CNc2c(Cl)ccc3oc(C(O)Cc4nc5ccccc5s4)c(c23)C1. The zero-order valence-electron chi connectivity index (χ0n) is 14.8. The molecule has 0 amide bonds. The molecule has 2 aromatic heterocycles. The predicted molar refractivity (Wildman–Crippen MR) is 111 cm³/mol. The topological polar surface area (TPSA) is 58.3 Å². The van der Waals surface area contributed by atoms with Gasteiger partial charge in [-0.15, -0.1) is 11.3 Å². The molecule has 2 aromatic carbocycles. The van der Waals surface area contributed by atoms with Crippen molar-refractivity contribution in [1.29, 1.82) is 0 Å². The number of hydrogen-bond donors (Lipinski definition) is 2. The summed E-state index contributed by atoms with van der Waals surface area (Å²) in [5.74, 6) is 1.06. The summed E-state index contributed by atoms with van der Waals surface area (Å²) in [6.45, 7) is 3.04. The van der Waals surface area contributed by atoms with Crippen molar-refractivity contribution < 1.29 is 9.52 Å². The van der Waals surface area contributed by atoms with E-state index in [4.69, 9.17) is 16.0 Å². The minimum absolute atomic E-state index is 0.419. The Morgan fingerprint density at radius 1 is 1.33 bits per heavy atom. The Bertz CT molecular complexity index is 1120. The van der Waals surface area contributed by atoms with Gasteiger partial charge in [0.25, 0.3) is 0 Å². The average Bonchev–Trinajstić information content (AvgIpc) is 3.16. The number of anilines is 1. The van der Waals surface area contributed by atoms with E-state index in [1.807, 2.05) is 30.3 Å². The summed E-state index contributed by atoms with van der Waals surface area (Å²) in [6.07, 6.45) is 0.557. The van der Waals surface area contributed by atoms with Crippen LogP contribution in [0.15, 0.2) is 40.8 Å². The van der Waals surface area contributed by atoms with Crippen LogP contribution in [0.25, 0.3) is 21.2 Å². The molecule has 2 atom stereocenters. The third-order valence-electron chi connectivity index (χ3n) is 5.12. The van der Waals surface area contributed by atoms with E-state index >= 15 is 0 Å². The standard InChI is InChI=1S/C21H19ClN2O2S/c1-11-8-12-19-16(7-6-13(22)20(19)23-10-11)26-21(12)15(25)9-18-24-14-4-2-3-5-17(14)27-18/h2-7,11,15,23,25H,8-10H2,1H3. The highest BCUT2D eigenvalue weighted by Crippen LogP contribution is 2.42. The van der Waals surface area contributed by atoms with E-state index in [1.165, 1.54) is 0 Å². The van der Waals surface area contributed by atoms with Crippen molar-refractivity contribution in [3.8, 4) is 0 Å². The van der Waals surface area contributed by atoms with Gasteiger partial charge in [0.1, 0.15) is 17.4 Å². The van der Waals surface area contributed by atoms with Crippen LogP contribution in [0, 0.1) is 5.92 Å². The summed E-state index contributed by atoms with van der Waals surface area (Å²) in [5, 5.41) is 17.0. The highest BCUT2D eigenvalue weighted by atomic mass is 35.5. The number of furan rings is 1. The van der Waals surface area contributed by atoms with Gasteiger partial charge in [0.05, 0.1) is 25.9 Å². The van der Waals surface area contributed by atoms with Crippen LogP contribution in [0.2, 0.25) is 5.02 Å². The minimum atomic E-state index is -0.732. The van der Waals surface area contributed by atoms with Crippen molar-refractivity contribution in [2.45, 2.75) is 25.9 Å². The Labute approximate surface area is 165 Å². The van der Waals surface area contributed by atoms with E-state index < -0.39 is 6.10 Å². The van der Waals surface area contributed by atoms with Crippen molar-refractivity contribution in [2.24, 2.45) is 5.92 Å². The monoisotopic (exact) mass is 398 g/mol. The Balaban J connectivity index is 1.57. The van der Waals surface area contributed by atoms with Gasteiger partial charge in [-0.05, 0) is 36.6 Å². The zero-order chi connectivity index (χ0) is 18.5. The fraction of sp³-hybridized carbons (Fsp3) is 0.286. The molecule has 0 spiro atoms. The third-order valence-corrected chi connectivity index (χ3v) is 6.50. The molecule has 0 saturated carbocycles. The molecule has 27 heavy (non-hydrogen) atoms. The lowest BCUT2D eigenvalue weighted by molar-refractivity contribution is 0.151. The molecule has 4 nitrogen and oxygen atoms in total. The number of thiazole rings is 1. The van der Waals surface area contributed by atoms with Crippen molar-refractivity contribution in [3.05, 3.63) is 57.8 Å². The van der Waals surface area contributed by atoms with Gasteiger partial charge in [-0.3, -0.25) is 0 Å². The van der Waals surface area contributed by atoms with Gasteiger partial charge in [-0.25, -0.2) is 4.98 Å². The highest BCUT2D eigenvalue weighted by Gasteiger charge is 2.28. The molecule has 1 aliphatic rings. The Morgan fingerprint density at radius 2 is 2.19 bits per heavy atom. The van der Waals surface area contributed by atoms with Crippen LogP contribution in [0.5, 0.6) is 0 Å². The molecule has 1 aliphatic heterocycles. The first-order valence-corrected chi connectivity index (χ1v) is 10.3. The van der Waals surface area contributed by atoms with E-state index in [0.717, 1.165) is 50.4 Å². The number of rotatable bonds is 3. The number of nitrogens with zero attached hydrogens (tertiary/aromatic N) is 1. The lowest BCUT2D eigenvalue weighted by atomic mass is 9.97. The number of benzene rings is 2. The van der Waals surface area contributed by atoms with Crippen LogP contribution < -0.4 is 5.32 Å². The first-order valence-electron chi connectivity index (χ1n) is 9.10. The molecular formula is C21H19ClN2O2S. The number of halogens is 1. The van der Waals surface area contributed by atoms with Gasteiger partial charge in [0.15, 0.2) is 0 Å². The van der Waals surface area contributed by atoms with Crippen molar-refractivity contribution in [2.75, 3.05) is 11.9 Å². The molecule has 0 aliphatic carbocycles. The Morgan fingerprint density at radius 3 is 3.04 bits per heavy atom. The summed E-state index contributed by atoms with van der Waals surface area (Å²) in [6, 6.07) is 11.8. The quantitative estimate of drug-likeness (QED) is 0.473. The maximum absolute atomic E-state index is 11.0. The summed E-state index contributed by atoms with van der Waals surface area (Å²) >= 11 is 8.04. The number of aliphatic hydroxyl groups excluding tert-OH is 1. The largest absolute Gasteiger partial charge is 0.458 e. The van der Waals surface area contributed by atoms with Crippen LogP contribution >= 0.6 is 22.9 Å². The van der Waals surface area contributed by atoms with E-state index in [0.29, 0.717) is 23.1 Å². The van der Waals surface area contributed by atoms with Crippen LogP contribution in [0.3, 0.4) is 0 Å². The molecule has 2 N–H and O–H groups in total. The van der Waals surface area contributed by atoms with Crippen molar-refractivity contribution in [1.82, 2.24) is 4.98 Å².